The molecule has 1 aliphatic rings. The van der Waals surface area contributed by atoms with Crippen molar-refractivity contribution >= 4 is 29.0 Å². The third-order valence-electron chi connectivity index (χ3n) is 3.14. The second-order valence-electron chi connectivity index (χ2n) is 4.37. The van der Waals surface area contributed by atoms with Crippen molar-refractivity contribution < 1.29 is 9.53 Å². The van der Waals surface area contributed by atoms with Crippen LogP contribution in [0.5, 0.6) is 0 Å². The van der Waals surface area contributed by atoms with Gasteiger partial charge in [0.25, 0.3) is 0 Å². The highest BCUT2D eigenvalue weighted by Crippen LogP contribution is 2.24. The van der Waals surface area contributed by atoms with Crippen LogP contribution in [0.25, 0.3) is 0 Å². The quantitative estimate of drug-likeness (QED) is 0.661. The number of nitrogens with two attached hydrogens (primary N) is 1. The van der Waals surface area contributed by atoms with Crippen LogP contribution in [0.1, 0.15) is 25.3 Å². The molecule has 0 radical (unpaired) electrons. The van der Waals surface area contributed by atoms with E-state index in [-0.39, 0.29) is 12.0 Å². The summed E-state index contributed by atoms with van der Waals surface area (Å²) in [6, 6.07) is 3.43. The van der Waals surface area contributed by atoms with Gasteiger partial charge in [-0.25, -0.2) is 9.78 Å². The van der Waals surface area contributed by atoms with Crippen LogP contribution >= 0.6 is 12.2 Å². The molecule has 0 bridgehead atoms. The molecule has 6 heteroatoms. The summed E-state index contributed by atoms with van der Waals surface area (Å²) < 4.78 is 5.09. The van der Waals surface area contributed by atoms with Gasteiger partial charge in [-0.05, 0) is 31.9 Å². The second-order valence-corrected chi connectivity index (χ2v) is 4.81. The highest BCUT2D eigenvalue weighted by Gasteiger charge is 2.32. The number of thiocarbonyl (C=S) groups is 1. The van der Waals surface area contributed by atoms with Crippen LogP contribution in [0, 0.1) is 0 Å². The van der Waals surface area contributed by atoms with E-state index in [0.717, 1.165) is 30.8 Å². The first-order valence-corrected chi connectivity index (χ1v) is 6.73. The monoisotopic (exact) mass is 279 g/mol. The Kier molecular flexibility index (Phi) is 4.31. The Balaban J connectivity index is 2.15. The zero-order valence-electron chi connectivity index (χ0n) is 10.8. The van der Waals surface area contributed by atoms with Crippen molar-refractivity contribution in [2.75, 3.05) is 18.1 Å². The number of anilines is 1. The summed E-state index contributed by atoms with van der Waals surface area (Å²) >= 11 is 4.89. The Morgan fingerprint density at radius 1 is 1.63 bits per heavy atom. The number of hydrogen-bond donors (Lipinski definition) is 1. The number of carbonyl (C=O) groups excluding carboxylic acids is 1. The van der Waals surface area contributed by atoms with Crippen molar-refractivity contribution in [2.45, 2.75) is 25.8 Å². The first kappa shape index (κ1) is 13.7. The standard InChI is InChI=1S/C13H17N3O2S/c1-2-18-13(17)10-4-3-7-16(10)11-6-5-9(8-15-11)12(14)19/h5-6,8,10H,2-4,7H2,1H3,(H2,14,19). The Morgan fingerprint density at radius 3 is 3.00 bits per heavy atom. The number of esters is 1. The molecule has 1 aliphatic heterocycles. The van der Waals surface area contributed by atoms with E-state index < -0.39 is 0 Å². The van der Waals surface area contributed by atoms with Crippen LogP contribution < -0.4 is 10.6 Å². The van der Waals surface area contributed by atoms with Gasteiger partial charge in [-0.2, -0.15) is 0 Å². The maximum Gasteiger partial charge on any atom is 0.328 e. The lowest BCUT2D eigenvalue weighted by atomic mass is 10.2. The number of aromatic nitrogens is 1. The van der Waals surface area contributed by atoms with Crippen LogP contribution in [0.2, 0.25) is 0 Å². The number of carbonyl (C=O) groups is 1. The molecule has 0 aromatic carbocycles. The smallest absolute Gasteiger partial charge is 0.328 e. The number of rotatable bonds is 4. The third-order valence-corrected chi connectivity index (χ3v) is 3.37. The lowest BCUT2D eigenvalue weighted by Gasteiger charge is -2.24. The van der Waals surface area contributed by atoms with Crippen LogP contribution in [-0.2, 0) is 9.53 Å². The number of pyridine rings is 1. The predicted molar refractivity (Wildman–Crippen MR) is 77.1 cm³/mol. The summed E-state index contributed by atoms with van der Waals surface area (Å²) in [6.45, 7) is 3.02. The molecule has 5 nitrogen and oxygen atoms in total. The maximum atomic E-state index is 11.9. The zero-order chi connectivity index (χ0) is 13.8. The lowest BCUT2D eigenvalue weighted by Crippen LogP contribution is -2.37. The van der Waals surface area contributed by atoms with E-state index in [0.29, 0.717) is 11.6 Å². The average molecular weight is 279 g/mol. The molecule has 1 saturated heterocycles. The molecule has 1 atom stereocenters. The number of nitrogens with zero attached hydrogens (tertiary/aromatic N) is 2. The lowest BCUT2D eigenvalue weighted by molar-refractivity contribution is -0.144. The molecule has 2 heterocycles. The van der Waals surface area contributed by atoms with Crippen molar-refractivity contribution in [1.82, 2.24) is 4.98 Å². The van der Waals surface area contributed by atoms with Crippen LogP contribution in [0.15, 0.2) is 18.3 Å². The molecule has 1 aromatic heterocycles. The molecule has 1 aromatic rings. The Hall–Kier alpha value is -1.69. The number of ether oxygens (including phenoxy) is 1. The Morgan fingerprint density at radius 2 is 2.42 bits per heavy atom. The van der Waals surface area contributed by atoms with E-state index in [1.165, 1.54) is 0 Å². The Bertz CT molecular complexity index is 475. The molecule has 2 N–H and O–H groups in total. The molecule has 0 spiro atoms. The largest absolute Gasteiger partial charge is 0.464 e. The van der Waals surface area contributed by atoms with E-state index in [1.807, 2.05) is 24.0 Å². The molecule has 102 valence electrons. The molecule has 0 aliphatic carbocycles. The number of hydrogen-bond acceptors (Lipinski definition) is 5. The van der Waals surface area contributed by atoms with Crippen LogP contribution in [-0.4, -0.2) is 35.1 Å². The summed E-state index contributed by atoms with van der Waals surface area (Å²) in [5.74, 6) is 0.579. The second kappa shape index (κ2) is 5.97. The van der Waals surface area contributed by atoms with E-state index in [2.05, 4.69) is 4.98 Å². The highest BCUT2D eigenvalue weighted by molar-refractivity contribution is 7.80. The van der Waals surface area contributed by atoms with Gasteiger partial charge in [0.2, 0.25) is 0 Å². The minimum atomic E-state index is -0.233. The van der Waals surface area contributed by atoms with Gasteiger partial charge >= 0.3 is 5.97 Å². The van der Waals surface area contributed by atoms with Crippen molar-refractivity contribution in [3.63, 3.8) is 0 Å². The summed E-state index contributed by atoms with van der Waals surface area (Å²) in [6.07, 6.45) is 3.40. The van der Waals surface area contributed by atoms with Crippen molar-refractivity contribution in [2.24, 2.45) is 5.73 Å². The summed E-state index contributed by atoms with van der Waals surface area (Å²) in [7, 11) is 0. The summed E-state index contributed by atoms with van der Waals surface area (Å²) in [5, 5.41) is 0. The molecule has 1 fully saturated rings. The molecule has 1 unspecified atom stereocenters. The molecule has 0 amide bonds. The minimum Gasteiger partial charge on any atom is -0.464 e. The molecule has 19 heavy (non-hydrogen) atoms. The highest BCUT2D eigenvalue weighted by atomic mass is 32.1. The van der Waals surface area contributed by atoms with Crippen molar-refractivity contribution in [3.8, 4) is 0 Å². The fourth-order valence-corrected chi connectivity index (χ4v) is 2.35. The van der Waals surface area contributed by atoms with E-state index in [1.54, 1.807) is 6.20 Å². The van der Waals surface area contributed by atoms with Crippen molar-refractivity contribution in [1.29, 1.82) is 0 Å². The van der Waals surface area contributed by atoms with Gasteiger partial charge < -0.3 is 15.4 Å². The minimum absolute atomic E-state index is 0.180. The topological polar surface area (TPSA) is 68.5 Å². The van der Waals surface area contributed by atoms with Gasteiger partial charge in [0.05, 0.1) is 6.61 Å². The van der Waals surface area contributed by atoms with Gasteiger partial charge in [0.1, 0.15) is 16.8 Å². The first-order valence-electron chi connectivity index (χ1n) is 6.32. The molecule has 0 saturated carbocycles. The van der Waals surface area contributed by atoms with E-state index in [4.69, 9.17) is 22.7 Å². The van der Waals surface area contributed by atoms with Crippen LogP contribution in [0.4, 0.5) is 5.82 Å². The van der Waals surface area contributed by atoms with Crippen molar-refractivity contribution in [3.05, 3.63) is 23.9 Å². The van der Waals surface area contributed by atoms with Gasteiger partial charge in [0.15, 0.2) is 0 Å². The van der Waals surface area contributed by atoms with Gasteiger partial charge in [0, 0.05) is 18.3 Å². The normalized spacial score (nSPS) is 18.4. The fourth-order valence-electron chi connectivity index (χ4n) is 2.23. The summed E-state index contributed by atoms with van der Waals surface area (Å²) in [5.41, 5.74) is 6.26. The average Bonchev–Trinajstić information content (AvgIpc) is 2.88. The summed E-state index contributed by atoms with van der Waals surface area (Å²) in [4.78, 5) is 18.5. The van der Waals surface area contributed by atoms with Gasteiger partial charge in [-0.15, -0.1) is 0 Å². The first-order chi connectivity index (χ1) is 9.13. The predicted octanol–water partition coefficient (Wildman–Crippen LogP) is 1.25. The Labute approximate surface area is 117 Å². The van der Waals surface area contributed by atoms with E-state index in [9.17, 15) is 4.79 Å². The molecular formula is C13H17N3O2S. The van der Waals surface area contributed by atoms with Gasteiger partial charge in [-0.3, -0.25) is 0 Å². The zero-order valence-corrected chi connectivity index (χ0v) is 11.7. The maximum absolute atomic E-state index is 11.9. The van der Waals surface area contributed by atoms with Gasteiger partial charge in [-0.1, -0.05) is 12.2 Å². The molecular weight excluding hydrogens is 262 g/mol. The molecule has 2 rings (SSSR count). The third kappa shape index (κ3) is 3.01. The SMILES string of the molecule is CCOC(=O)C1CCCN1c1ccc(C(N)=S)cn1. The van der Waals surface area contributed by atoms with Crippen LogP contribution in [0.3, 0.4) is 0 Å². The fraction of sp³-hybridized carbons (Fsp3) is 0.462. The van der Waals surface area contributed by atoms with E-state index >= 15 is 0 Å².